The highest BCUT2D eigenvalue weighted by Crippen LogP contribution is 2.26. The number of thioether (sulfide) groups is 1. The number of rotatable bonds is 3. The van der Waals surface area contributed by atoms with E-state index in [1.54, 1.807) is 0 Å². The zero-order valence-corrected chi connectivity index (χ0v) is 14.4. The fourth-order valence-corrected chi connectivity index (χ4v) is 6.43. The number of carbonyl (C=O) groups excluding carboxylic acids is 1. The lowest BCUT2D eigenvalue weighted by atomic mass is 10.0. The van der Waals surface area contributed by atoms with Crippen LogP contribution in [0, 0.1) is 5.92 Å². The molecule has 0 N–H and O–H groups in total. The number of ketones is 1. The van der Waals surface area contributed by atoms with Gasteiger partial charge >= 0.3 is 5.51 Å². The van der Waals surface area contributed by atoms with Crippen LogP contribution in [-0.2, 0) is 25.8 Å². The van der Waals surface area contributed by atoms with Gasteiger partial charge in [-0.25, -0.2) is 8.42 Å². The number of hydrogen-bond donors (Lipinski definition) is 0. The van der Waals surface area contributed by atoms with E-state index in [9.17, 15) is 18.0 Å². The molecule has 0 aromatic rings. The molecule has 0 amide bonds. The average molecular weight is 380 g/mol. The summed E-state index contributed by atoms with van der Waals surface area (Å²) in [4.78, 5) is 11.9. The molecule has 4 nitrogen and oxygen atoms in total. The van der Waals surface area contributed by atoms with Crippen molar-refractivity contribution in [3.8, 4) is 0 Å². The van der Waals surface area contributed by atoms with Crippen LogP contribution < -0.4 is 0 Å². The molecule has 1 saturated carbocycles. The van der Waals surface area contributed by atoms with Crippen molar-refractivity contribution in [2.45, 2.75) is 31.2 Å². The lowest BCUT2D eigenvalue weighted by Gasteiger charge is -2.14. The second-order valence-corrected chi connectivity index (χ2v) is 10.1. The van der Waals surface area contributed by atoms with Crippen LogP contribution in [0.5, 0.6) is 0 Å². The Morgan fingerprint density at radius 2 is 1.64 bits per heavy atom. The average Bonchev–Trinajstić information content (AvgIpc) is 2.92. The van der Waals surface area contributed by atoms with Gasteiger partial charge in [-0.2, -0.15) is 24.9 Å². The van der Waals surface area contributed by atoms with Gasteiger partial charge in [0.05, 0.1) is 0 Å². The highest BCUT2D eigenvalue weighted by atomic mass is 32.2. The SMILES string of the molecule is O=C(C[S+]1CCSCC1)C1CCCC1.O=S(=O)([O-])C(F)(F)F. The lowest BCUT2D eigenvalue weighted by molar-refractivity contribution is -0.120. The van der Waals surface area contributed by atoms with Gasteiger partial charge in [-0.3, -0.25) is 4.79 Å². The van der Waals surface area contributed by atoms with Crippen molar-refractivity contribution in [2.24, 2.45) is 5.92 Å². The van der Waals surface area contributed by atoms with Crippen molar-refractivity contribution in [3.05, 3.63) is 0 Å². The zero-order chi connectivity index (χ0) is 16.8. The molecule has 0 unspecified atom stereocenters. The molecule has 0 aromatic heterocycles. The second-order valence-electron chi connectivity index (χ2n) is 5.12. The van der Waals surface area contributed by atoms with Gasteiger partial charge in [0.1, 0.15) is 11.5 Å². The van der Waals surface area contributed by atoms with Gasteiger partial charge in [0, 0.05) is 17.4 Å². The van der Waals surface area contributed by atoms with Crippen molar-refractivity contribution < 1.29 is 30.9 Å². The minimum Gasteiger partial charge on any atom is -0.741 e. The molecule has 1 saturated heterocycles. The van der Waals surface area contributed by atoms with Gasteiger partial charge in [0.2, 0.25) is 0 Å². The molecule has 130 valence electrons. The van der Waals surface area contributed by atoms with Crippen LogP contribution in [0.4, 0.5) is 13.2 Å². The Morgan fingerprint density at radius 3 is 2.05 bits per heavy atom. The molecule has 2 aliphatic rings. The summed E-state index contributed by atoms with van der Waals surface area (Å²) in [7, 11) is -5.63. The minimum atomic E-state index is -6.09. The van der Waals surface area contributed by atoms with Crippen LogP contribution >= 0.6 is 11.8 Å². The normalized spacial score (nSPS) is 21.3. The quantitative estimate of drug-likeness (QED) is 0.426. The number of alkyl halides is 3. The Morgan fingerprint density at radius 1 is 1.18 bits per heavy atom. The van der Waals surface area contributed by atoms with Crippen LogP contribution in [0.1, 0.15) is 25.7 Å². The highest BCUT2D eigenvalue weighted by Gasteiger charge is 2.37. The van der Waals surface area contributed by atoms with Crippen molar-refractivity contribution in [3.63, 3.8) is 0 Å². The van der Waals surface area contributed by atoms with Crippen molar-refractivity contribution in [1.29, 1.82) is 0 Å². The molecule has 0 atom stereocenters. The number of carbonyl (C=O) groups is 1. The monoisotopic (exact) mass is 380 g/mol. The summed E-state index contributed by atoms with van der Waals surface area (Å²) in [5, 5.41) is 0. The maximum atomic E-state index is 11.9. The summed E-state index contributed by atoms with van der Waals surface area (Å²) in [6.45, 7) is 0. The molecular formula is C12H19F3O4S3. The summed E-state index contributed by atoms with van der Waals surface area (Å²) in [5.41, 5.74) is -5.65. The summed E-state index contributed by atoms with van der Waals surface area (Å²) in [5.74, 6) is 7.18. The molecule has 10 heteroatoms. The van der Waals surface area contributed by atoms with E-state index in [1.165, 1.54) is 48.7 Å². The van der Waals surface area contributed by atoms with Gasteiger partial charge in [-0.15, -0.1) is 0 Å². The standard InChI is InChI=1S/C11H19OS2.CHF3O3S/c12-11(10-3-1-2-4-10)9-14-7-5-13-6-8-14;2-1(3,4)8(5,6)7/h10H,1-9H2;(H,5,6,7)/q+1;/p-1. The Hall–Kier alpha value is 0.0700. The fraction of sp³-hybridized carbons (Fsp3) is 0.917. The van der Waals surface area contributed by atoms with Crippen LogP contribution in [0.25, 0.3) is 0 Å². The van der Waals surface area contributed by atoms with Gasteiger partial charge in [0.15, 0.2) is 21.7 Å². The Labute approximate surface area is 135 Å². The molecule has 0 bridgehead atoms. The smallest absolute Gasteiger partial charge is 0.485 e. The number of hydrogen-bond acceptors (Lipinski definition) is 5. The molecule has 0 radical (unpaired) electrons. The second kappa shape index (κ2) is 8.79. The van der Waals surface area contributed by atoms with Crippen molar-refractivity contribution >= 4 is 38.6 Å². The van der Waals surface area contributed by atoms with Crippen LogP contribution in [0.2, 0.25) is 0 Å². The third-order valence-corrected chi connectivity index (χ3v) is 7.80. The van der Waals surface area contributed by atoms with Gasteiger partial charge in [0.25, 0.3) is 0 Å². The van der Waals surface area contributed by atoms with Gasteiger partial charge in [-0.05, 0) is 23.7 Å². The first-order valence-electron chi connectivity index (χ1n) is 6.88. The van der Waals surface area contributed by atoms with Gasteiger partial charge in [-0.1, -0.05) is 12.8 Å². The van der Waals surface area contributed by atoms with Crippen LogP contribution in [0.15, 0.2) is 0 Å². The van der Waals surface area contributed by atoms with Crippen LogP contribution in [0.3, 0.4) is 0 Å². The van der Waals surface area contributed by atoms with E-state index in [0.717, 1.165) is 5.75 Å². The molecule has 2 rings (SSSR count). The molecule has 1 heterocycles. The largest absolute Gasteiger partial charge is 0.741 e. The fourth-order valence-electron chi connectivity index (χ4n) is 2.27. The molecule has 2 fully saturated rings. The third-order valence-electron chi connectivity index (χ3n) is 3.47. The van der Waals surface area contributed by atoms with Crippen molar-refractivity contribution in [2.75, 3.05) is 28.8 Å². The molecule has 1 aliphatic carbocycles. The maximum absolute atomic E-state index is 11.9. The van der Waals surface area contributed by atoms with Crippen molar-refractivity contribution in [1.82, 2.24) is 0 Å². The van der Waals surface area contributed by atoms with E-state index in [2.05, 4.69) is 11.8 Å². The Bertz CT molecular complexity index is 453. The van der Waals surface area contributed by atoms with E-state index in [4.69, 9.17) is 13.0 Å². The summed E-state index contributed by atoms with van der Waals surface area (Å²) in [6, 6.07) is 0. The van der Waals surface area contributed by atoms with Crippen LogP contribution in [-0.4, -0.2) is 53.0 Å². The van der Waals surface area contributed by atoms with E-state index in [-0.39, 0.29) is 0 Å². The van der Waals surface area contributed by atoms with E-state index >= 15 is 0 Å². The maximum Gasteiger partial charge on any atom is 0.485 e. The molecule has 0 spiro atoms. The minimum absolute atomic E-state index is 0.456. The summed E-state index contributed by atoms with van der Waals surface area (Å²) < 4.78 is 58.9. The first-order chi connectivity index (χ1) is 10.1. The molecular weight excluding hydrogens is 361 g/mol. The summed E-state index contributed by atoms with van der Waals surface area (Å²) in [6.07, 6.45) is 4.95. The molecule has 1 aliphatic heterocycles. The lowest BCUT2D eigenvalue weighted by Crippen LogP contribution is -2.30. The zero-order valence-electron chi connectivity index (χ0n) is 11.9. The first kappa shape index (κ1) is 20.1. The Kier molecular flexibility index (Phi) is 8.04. The van der Waals surface area contributed by atoms with E-state index in [0.29, 0.717) is 22.6 Å². The predicted octanol–water partition coefficient (Wildman–Crippen LogP) is 2.16. The number of halogens is 3. The molecule has 0 aromatic carbocycles. The molecule has 22 heavy (non-hydrogen) atoms. The van der Waals surface area contributed by atoms with Gasteiger partial charge < -0.3 is 4.55 Å². The topological polar surface area (TPSA) is 74.3 Å². The first-order valence-corrected chi connectivity index (χ1v) is 11.2. The Balaban J connectivity index is 0.000000261. The van der Waals surface area contributed by atoms with E-state index < -0.39 is 15.6 Å². The van der Waals surface area contributed by atoms with E-state index in [1.807, 2.05) is 0 Å². The summed E-state index contributed by atoms with van der Waals surface area (Å²) >= 11 is 2.05. The predicted molar refractivity (Wildman–Crippen MR) is 82.0 cm³/mol. The third kappa shape index (κ3) is 7.10. The highest BCUT2D eigenvalue weighted by molar-refractivity contribution is 8.05. The number of Topliss-reactive ketones (excluding diaryl/α,β-unsaturated/α-hetero) is 1.